The van der Waals surface area contributed by atoms with Crippen LogP contribution in [0.3, 0.4) is 0 Å². The van der Waals surface area contributed by atoms with Gasteiger partial charge in [-0.05, 0) is 18.6 Å². The van der Waals surface area contributed by atoms with Gasteiger partial charge in [0.05, 0.1) is 13.7 Å². The Kier molecular flexibility index (Phi) is 1.88. The molecular formula is C10H12O3. The minimum absolute atomic E-state index is 0.185. The Hall–Kier alpha value is -1.22. The summed E-state index contributed by atoms with van der Waals surface area (Å²) in [5.41, 5.74) is 2.07. The van der Waals surface area contributed by atoms with Crippen LogP contribution in [0.2, 0.25) is 0 Å². The van der Waals surface area contributed by atoms with Crippen LogP contribution in [0.1, 0.15) is 17.2 Å². The Morgan fingerprint density at radius 3 is 2.77 bits per heavy atom. The third kappa shape index (κ3) is 1.35. The molecule has 1 aromatic rings. The van der Waals surface area contributed by atoms with Crippen LogP contribution >= 0.6 is 0 Å². The van der Waals surface area contributed by atoms with Crippen molar-refractivity contribution in [3.8, 4) is 11.5 Å². The lowest BCUT2D eigenvalue weighted by molar-refractivity contribution is 0.367. The van der Waals surface area contributed by atoms with E-state index >= 15 is 0 Å². The number of rotatable bonds is 2. The molecular weight excluding hydrogens is 168 g/mol. The standard InChI is InChI=1S/C10H12O3/c1-6-7(9-5-13-9)3-4-8(11)10(6)12-2/h3-4,9,11H,5H2,1-2H3. The van der Waals surface area contributed by atoms with E-state index in [1.165, 1.54) is 0 Å². The molecule has 1 heterocycles. The summed E-state index contributed by atoms with van der Waals surface area (Å²) < 4.78 is 10.3. The topological polar surface area (TPSA) is 42.0 Å². The maximum absolute atomic E-state index is 9.45. The maximum Gasteiger partial charge on any atom is 0.163 e. The molecule has 1 aliphatic heterocycles. The average molecular weight is 180 g/mol. The van der Waals surface area contributed by atoms with Gasteiger partial charge in [-0.3, -0.25) is 0 Å². The zero-order valence-electron chi connectivity index (χ0n) is 7.70. The van der Waals surface area contributed by atoms with Crippen LogP contribution in [-0.2, 0) is 4.74 Å². The summed E-state index contributed by atoms with van der Waals surface area (Å²) >= 11 is 0. The van der Waals surface area contributed by atoms with Gasteiger partial charge in [0, 0.05) is 5.56 Å². The molecule has 0 bridgehead atoms. The van der Waals surface area contributed by atoms with Crippen molar-refractivity contribution in [2.75, 3.05) is 13.7 Å². The Bertz CT molecular complexity index is 329. The first-order valence-electron chi connectivity index (χ1n) is 4.22. The number of methoxy groups -OCH3 is 1. The van der Waals surface area contributed by atoms with Crippen LogP contribution in [0.25, 0.3) is 0 Å². The molecule has 1 fully saturated rings. The van der Waals surface area contributed by atoms with Crippen molar-refractivity contribution in [3.05, 3.63) is 23.3 Å². The second-order valence-electron chi connectivity index (χ2n) is 3.15. The molecule has 0 saturated carbocycles. The number of ether oxygens (including phenoxy) is 2. The molecule has 3 nitrogen and oxygen atoms in total. The highest BCUT2D eigenvalue weighted by Crippen LogP contribution is 2.39. The third-order valence-corrected chi connectivity index (χ3v) is 2.31. The molecule has 13 heavy (non-hydrogen) atoms. The Morgan fingerprint density at radius 1 is 1.54 bits per heavy atom. The van der Waals surface area contributed by atoms with Crippen molar-refractivity contribution in [1.29, 1.82) is 0 Å². The number of aromatic hydroxyl groups is 1. The molecule has 0 radical (unpaired) electrons. The molecule has 0 aromatic heterocycles. The molecule has 1 unspecified atom stereocenters. The molecule has 70 valence electrons. The van der Waals surface area contributed by atoms with E-state index in [1.54, 1.807) is 13.2 Å². The van der Waals surface area contributed by atoms with Gasteiger partial charge in [-0.1, -0.05) is 6.07 Å². The van der Waals surface area contributed by atoms with E-state index in [0.29, 0.717) is 5.75 Å². The zero-order valence-corrected chi connectivity index (χ0v) is 7.70. The summed E-state index contributed by atoms with van der Waals surface area (Å²) in [5.74, 6) is 0.734. The Morgan fingerprint density at radius 2 is 2.23 bits per heavy atom. The Balaban J connectivity index is 2.47. The van der Waals surface area contributed by atoms with Crippen LogP contribution in [-0.4, -0.2) is 18.8 Å². The average Bonchev–Trinajstić information content (AvgIpc) is 2.88. The summed E-state index contributed by atoms with van der Waals surface area (Å²) in [5, 5.41) is 9.45. The number of hydrogen-bond donors (Lipinski definition) is 1. The highest BCUT2D eigenvalue weighted by Gasteiger charge is 2.28. The van der Waals surface area contributed by atoms with Gasteiger partial charge in [0.2, 0.25) is 0 Å². The lowest BCUT2D eigenvalue weighted by atomic mass is 10.0. The molecule has 0 amide bonds. The van der Waals surface area contributed by atoms with E-state index in [2.05, 4.69) is 0 Å². The van der Waals surface area contributed by atoms with Crippen molar-refractivity contribution in [1.82, 2.24) is 0 Å². The SMILES string of the molecule is COc1c(O)ccc(C2CO2)c1C. The number of hydrogen-bond acceptors (Lipinski definition) is 3. The van der Waals surface area contributed by atoms with E-state index in [9.17, 15) is 5.11 Å². The fraction of sp³-hybridized carbons (Fsp3) is 0.400. The number of benzene rings is 1. The zero-order chi connectivity index (χ0) is 9.42. The van der Waals surface area contributed by atoms with Gasteiger partial charge in [0.1, 0.15) is 6.10 Å². The summed E-state index contributed by atoms with van der Waals surface area (Å²) in [4.78, 5) is 0. The van der Waals surface area contributed by atoms with Crippen LogP contribution in [0, 0.1) is 6.92 Å². The molecule has 1 aliphatic rings. The van der Waals surface area contributed by atoms with Crippen molar-refractivity contribution in [2.45, 2.75) is 13.0 Å². The lowest BCUT2D eigenvalue weighted by Gasteiger charge is -2.09. The fourth-order valence-electron chi connectivity index (χ4n) is 1.53. The van der Waals surface area contributed by atoms with Crippen LogP contribution in [0.15, 0.2) is 12.1 Å². The van der Waals surface area contributed by atoms with Crippen molar-refractivity contribution in [3.63, 3.8) is 0 Å². The van der Waals surface area contributed by atoms with E-state index in [0.717, 1.165) is 17.7 Å². The molecule has 2 rings (SSSR count). The van der Waals surface area contributed by atoms with Gasteiger partial charge in [0.25, 0.3) is 0 Å². The van der Waals surface area contributed by atoms with Crippen LogP contribution < -0.4 is 4.74 Å². The molecule has 3 heteroatoms. The minimum Gasteiger partial charge on any atom is -0.504 e. The van der Waals surface area contributed by atoms with E-state index in [1.807, 2.05) is 13.0 Å². The predicted molar refractivity (Wildman–Crippen MR) is 48.1 cm³/mol. The smallest absolute Gasteiger partial charge is 0.163 e. The third-order valence-electron chi connectivity index (χ3n) is 2.31. The van der Waals surface area contributed by atoms with Gasteiger partial charge >= 0.3 is 0 Å². The molecule has 0 spiro atoms. The number of epoxide rings is 1. The molecule has 1 aromatic carbocycles. The maximum atomic E-state index is 9.45. The highest BCUT2D eigenvalue weighted by molar-refractivity contribution is 5.50. The van der Waals surface area contributed by atoms with E-state index < -0.39 is 0 Å². The summed E-state index contributed by atoms with van der Waals surface area (Å²) in [6.07, 6.45) is 0.203. The fourth-order valence-corrected chi connectivity index (χ4v) is 1.53. The quantitative estimate of drug-likeness (QED) is 0.705. The summed E-state index contributed by atoms with van der Waals surface area (Å²) in [6, 6.07) is 3.52. The van der Waals surface area contributed by atoms with Gasteiger partial charge in [-0.2, -0.15) is 0 Å². The second-order valence-corrected chi connectivity index (χ2v) is 3.15. The number of phenolic OH excluding ortho intramolecular Hbond substituents is 1. The molecule has 1 N–H and O–H groups in total. The largest absolute Gasteiger partial charge is 0.504 e. The van der Waals surface area contributed by atoms with Crippen molar-refractivity contribution >= 4 is 0 Å². The first-order chi connectivity index (χ1) is 6.24. The van der Waals surface area contributed by atoms with Crippen LogP contribution in [0.4, 0.5) is 0 Å². The Labute approximate surface area is 76.9 Å². The van der Waals surface area contributed by atoms with Gasteiger partial charge in [-0.25, -0.2) is 0 Å². The molecule has 1 atom stereocenters. The minimum atomic E-state index is 0.185. The normalized spacial score (nSPS) is 20.0. The molecule has 0 aliphatic carbocycles. The predicted octanol–water partition coefficient (Wildman–Crippen LogP) is 1.78. The summed E-state index contributed by atoms with van der Waals surface area (Å²) in [6.45, 7) is 2.70. The summed E-state index contributed by atoms with van der Waals surface area (Å²) in [7, 11) is 1.56. The van der Waals surface area contributed by atoms with Crippen molar-refractivity contribution < 1.29 is 14.6 Å². The first kappa shape index (κ1) is 8.38. The van der Waals surface area contributed by atoms with Gasteiger partial charge in [-0.15, -0.1) is 0 Å². The lowest BCUT2D eigenvalue weighted by Crippen LogP contribution is -1.93. The monoisotopic (exact) mass is 180 g/mol. The van der Waals surface area contributed by atoms with Gasteiger partial charge < -0.3 is 14.6 Å². The first-order valence-corrected chi connectivity index (χ1v) is 4.22. The second kappa shape index (κ2) is 2.92. The van der Waals surface area contributed by atoms with E-state index in [-0.39, 0.29) is 11.9 Å². The van der Waals surface area contributed by atoms with Gasteiger partial charge in [0.15, 0.2) is 11.5 Å². The van der Waals surface area contributed by atoms with E-state index in [4.69, 9.17) is 9.47 Å². The number of phenols is 1. The molecule has 1 saturated heterocycles. The van der Waals surface area contributed by atoms with Crippen LogP contribution in [0.5, 0.6) is 11.5 Å². The highest BCUT2D eigenvalue weighted by atomic mass is 16.6. The van der Waals surface area contributed by atoms with Crippen molar-refractivity contribution in [2.24, 2.45) is 0 Å².